The third-order valence-electron chi connectivity index (χ3n) is 2.63. The summed E-state index contributed by atoms with van der Waals surface area (Å²) in [6.45, 7) is 3.85. The summed E-state index contributed by atoms with van der Waals surface area (Å²) >= 11 is 6.82. The van der Waals surface area contributed by atoms with Gasteiger partial charge >= 0.3 is 0 Å². The molecule has 3 N–H and O–H groups in total. The van der Waals surface area contributed by atoms with Gasteiger partial charge in [-0.25, -0.2) is 9.97 Å². The van der Waals surface area contributed by atoms with Gasteiger partial charge in [0.2, 0.25) is 0 Å². The molecule has 0 saturated heterocycles. The maximum Gasteiger partial charge on any atom is 0.166 e. The SMILES string of the molecule is Cc1ncc(-n2c(C)c(CCO)sc2=S)c(N)n1. The first kappa shape index (κ1) is 13.1. The Kier molecular flexibility index (Phi) is 3.74. The Morgan fingerprint density at radius 2 is 2.22 bits per heavy atom. The molecule has 0 fully saturated rings. The van der Waals surface area contributed by atoms with Gasteiger partial charge in [0.05, 0.1) is 6.20 Å². The molecule has 2 aromatic heterocycles. The Labute approximate surface area is 114 Å². The predicted octanol–water partition coefficient (Wildman–Crippen LogP) is 1.79. The molecule has 7 heteroatoms. The number of nitrogens with two attached hydrogens (primary N) is 1. The van der Waals surface area contributed by atoms with Crippen LogP contribution in [0.4, 0.5) is 5.82 Å². The first-order valence-electron chi connectivity index (χ1n) is 5.46. The van der Waals surface area contributed by atoms with Crippen molar-refractivity contribution in [1.82, 2.24) is 14.5 Å². The maximum absolute atomic E-state index is 9.02. The normalized spacial score (nSPS) is 10.8. The molecule has 0 aliphatic rings. The largest absolute Gasteiger partial charge is 0.396 e. The number of rotatable bonds is 3. The van der Waals surface area contributed by atoms with Crippen molar-refractivity contribution in [2.45, 2.75) is 20.3 Å². The van der Waals surface area contributed by atoms with Gasteiger partial charge in [-0.2, -0.15) is 0 Å². The molecule has 0 bridgehead atoms. The molecular formula is C11H14N4OS2. The molecule has 2 heterocycles. The third-order valence-corrected chi connectivity index (χ3v) is 4.17. The van der Waals surface area contributed by atoms with Gasteiger partial charge < -0.3 is 10.8 Å². The maximum atomic E-state index is 9.02. The summed E-state index contributed by atoms with van der Waals surface area (Å²) in [5.41, 5.74) is 7.59. The van der Waals surface area contributed by atoms with Crippen molar-refractivity contribution in [3.63, 3.8) is 0 Å². The average Bonchev–Trinajstić information content (AvgIpc) is 2.56. The molecule has 2 aromatic rings. The van der Waals surface area contributed by atoms with Crippen molar-refractivity contribution in [2.24, 2.45) is 0 Å². The van der Waals surface area contributed by atoms with E-state index in [1.54, 1.807) is 13.1 Å². The quantitative estimate of drug-likeness (QED) is 0.839. The number of aliphatic hydroxyl groups is 1. The number of aliphatic hydroxyl groups excluding tert-OH is 1. The zero-order valence-corrected chi connectivity index (χ0v) is 11.8. The van der Waals surface area contributed by atoms with Gasteiger partial charge in [0, 0.05) is 23.6 Å². The van der Waals surface area contributed by atoms with Gasteiger partial charge in [-0.1, -0.05) is 0 Å². The first-order valence-corrected chi connectivity index (χ1v) is 6.68. The van der Waals surface area contributed by atoms with Crippen molar-refractivity contribution < 1.29 is 5.11 Å². The molecule has 0 aliphatic heterocycles. The Hall–Kier alpha value is -1.31. The summed E-state index contributed by atoms with van der Waals surface area (Å²) in [4.78, 5) is 9.35. The van der Waals surface area contributed by atoms with Crippen LogP contribution >= 0.6 is 23.6 Å². The summed E-state index contributed by atoms with van der Waals surface area (Å²) in [6.07, 6.45) is 2.27. The van der Waals surface area contributed by atoms with Crippen LogP contribution in [0.1, 0.15) is 16.4 Å². The minimum Gasteiger partial charge on any atom is -0.396 e. The van der Waals surface area contributed by atoms with Gasteiger partial charge in [-0.05, 0) is 26.1 Å². The Balaban J connectivity index is 2.60. The van der Waals surface area contributed by atoms with E-state index in [1.165, 1.54) is 11.3 Å². The molecule has 2 rings (SSSR count). The lowest BCUT2D eigenvalue weighted by Gasteiger charge is -2.08. The van der Waals surface area contributed by atoms with E-state index in [2.05, 4.69) is 9.97 Å². The highest BCUT2D eigenvalue weighted by molar-refractivity contribution is 7.73. The van der Waals surface area contributed by atoms with Crippen LogP contribution in [0.15, 0.2) is 6.20 Å². The third kappa shape index (κ3) is 2.29. The predicted molar refractivity (Wildman–Crippen MR) is 74.7 cm³/mol. The van der Waals surface area contributed by atoms with Gasteiger partial charge in [-0.3, -0.25) is 4.57 Å². The van der Waals surface area contributed by atoms with E-state index in [-0.39, 0.29) is 6.61 Å². The highest BCUT2D eigenvalue weighted by atomic mass is 32.1. The van der Waals surface area contributed by atoms with E-state index >= 15 is 0 Å². The topological polar surface area (TPSA) is 77.0 Å². The molecule has 96 valence electrons. The minimum atomic E-state index is 0.107. The number of nitrogens with zero attached hydrogens (tertiary/aromatic N) is 3. The monoisotopic (exact) mass is 282 g/mol. The van der Waals surface area contributed by atoms with Crippen molar-refractivity contribution >= 4 is 29.4 Å². The number of hydrogen-bond donors (Lipinski definition) is 2. The molecule has 5 nitrogen and oxygen atoms in total. The Morgan fingerprint density at radius 3 is 2.83 bits per heavy atom. The summed E-state index contributed by atoms with van der Waals surface area (Å²) in [5, 5.41) is 9.02. The molecule has 0 aliphatic carbocycles. The lowest BCUT2D eigenvalue weighted by atomic mass is 10.3. The average molecular weight is 282 g/mol. The van der Waals surface area contributed by atoms with E-state index in [0.29, 0.717) is 27.7 Å². The number of thiazole rings is 1. The van der Waals surface area contributed by atoms with Crippen LogP contribution in [0.5, 0.6) is 0 Å². The van der Waals surface area contributed by atoms with Gasteiger partial charge in [-0.15, -0.1) is 11.3 Å². The van der Waals surface area contributed by atoms with Crippen LogP contribution in [0.3, 0.4) is 0 Å². The van der Waals surface area contributed by atoms with Gasteiger partial charge in [0.25, 0.3) is 0 Å². The second-order valence-corrected chi connectivity index (χ2v) is 5.60. The molecule has 0 spiro atoms. The smallest absolute Gasteiger partial charge is 0.166 e. The molecule has 0 atom stereocenters. The molecule has 0 unspecified atom stereocenters. The second kappa shape index (κ2) is 5.13. The molecule has 0 saturated carbocycles. The summed E-state index contributed by atoms with van der Waals surface area (Å²) in [6, 6.07) is 0. The summed E-state index contributed by atoms with van der Waals surface area (Å²) < 4.78 is 2.55. The van der Waals surface area contributed by atoms with E-state index in [1.807, 2.05) is 11.5 Å². The van der Waals surface area contributed by atoms with E-state index in [4.69, 9.17) is 23.1 Å². The van der Waals surface area contributed by atoms with Crippen LogP contribution in [0.2, 0.25) is 0 Å². The number of nitrogen functional groups attached to an aromatic ring is 1. The lowest BCUT2D eigenvalue weighted by molar-refractivity contribution is 0.300. The fourth-order valence-corrected chi connectivity index (χ4v) is 3.26. The Bertz CT molecular complexity index is 632. The zero-order valence-electron chi connectivity index (χ0n) is 10.2. The molecular weight excluding hydrogens is 268 g/mol. The highest BCUT2D eigenvalue weighted by Crippen LogP contribution is 2.25. The number of anilines is 1. The number of hydrogen-bond acceptors (Lipinski definition) is 6. The summed E-state index contributed by atoms with van der Waals surface area (Å²) in [7, 11) is 0. The van der Waals surface area contributed by atoms with Crippen LogP contribution in [-0.4, -0.2) is 26.2 Å². The standard InChI is InChI=1S/C11H14N4OS2/c1-6-9(3-4-16)18-11(17)15(6)8-5-13-7(2)14-10(8)12/h5,16H,3-4H2,1-2H3,(H2,12,13,14). The van der Waals surface area contributed by atoms with Crippen molar-refractivity contribution in [2.75, 3.05) is 12.3 Å². The van der Waals surface area contributed by atoms with Crippen LogP contribution in [0, 0.1) is 17.8 Å². The fourth-order valence-electron chi connectivity index (χ4n) is 1.75. The molecule has 0 aromatic carbocycles. The Morgan fingerprint density at radius 1 is 1.50 bits per heavy atom. The summed E-state index contributed by atoms with van der Waals surface area (Å²) in [5.74, 6) is 1.04. The van der Waals surface area contributed by atoms with Crippen LogP contribution < -0.4 is 5.73 Å². The van der Waals surface area contributed by atoms with Gasteiger partial charge in [0.15, 0.2) is 9.77 Å². The zero-order chi connectivity index (χ0) is 13.3. The second-order valence-electron chi connectivity index (χ2n) is 3.87. The van der Waals surface area contributed by atoms with Crippen molar-refractivity contribution in [3.8, 4) is 5.69 Å². The van der Waals surface area contributed by atoms with Gasteiger partial charge in [0.1, 0.15) is 11.5 Å². The van der Waals surface area contributed by atoms with Crippen LogP contribution in [-0.2, 0) is 6.42 Å². The first-order chi connectivity index (χ1) is 8.54. The van der Waals surface area contributed by atoms with E-state index in [0.717, 1.165) is 10.6 Å². The number of aromatic nitrogens is 3. The molecule has 0 radical (unpaired) electrons. The fraction of sp³-hybridized carbons (Fsp3) is 0.364. The van der Waals surface area contributed by atoms with E-state index in [9.17, 15) is 0 Å². The molecule has 18 heavy (non-hydrogen) atoms. The molecule has 0 amide bonds. The van der Waals surface area contributed by atoms with Crippen molar-refractivity contribution in [3.05, 3.63) is 26.5 Å². The number of aryl methyl sites for hydroxylation is 1. The lowest BCUT2D eigenvalue weighted by Crippen LogP contribution is -2.06. The highest BCUT2D eigenvalue weighted by Gasteiger charge is 2.13. The van der Waals surface area contributed by atoms with E-state index < -0.39 is 0 Å². The van der Waals surface area contributed by atoms with Crippen molar-refractivity contribution in [1.29, 1.82) is 0 Å². The van der Waals surface area contributed by atoms with Crippen LogP contribution in [0.25, 0.3) is 5.69 Å². The minimum absolute atomic E-state index is 0.107.